The molecule has 16 heavy (non-hydrogen) atoms. The Balaban J connectivity index is 1.58. The highest BCUT2D eigenvalue weighted by atomic mass is 35.5. The Morgan fingerprint density at radius 3 is 2.75 bits per heavy atom. The molecule has 1 saturated carbocycles. The van der Waals surface area contributed by atoms with E-state index in [1.807, 2.05) is 0 Å². The van der Waals surface area contributed by atoms with Crippen LogP contribution in [-0.4, -0.2) is 30.7 Å². The van der Waals surface area contributed by atoms with Gasteiger partial charge in [-0.25, -0.2) is 0 Å². The monoisotopic (exact) mass is 245 g/mol. The molecular weight excluding hydrogens is 222 g/mol. The van der Waals surface area contributed by atoms with Gasteiger partial charge in [0.2, 0.25) is 0 Å². The summed E-state index contributed by atoms with van der Waals surface area (Å²) in [6, 6.07) is 0. The zero-order valence-electron chi connectivity index (χ0n) is 10.1. The van der Waals surface area contributed by atoms with Gasteiger partial charge in [-0.15, -0.1) is 11.6 Å². The van der Waals surface area contributed by atoms with Crippen LogP contribution < -0.4 is 5.32 Å². The molecule has 1 unspecified atom stereocenters. The van der Waals surface area contributed by atoms with Crippen LogP contribution >= 0.6 is 11.6 Å². The average Bonchev–Trinajstić information content (AvgIpc) is 2.90. The van der Waals surface area contributed by atoms with E-state index in [0.717, 1.165) is 25.4 Å². The van der Waals surface area contributed by atoms with Gasteiger partial charge in [0.1, 0.15) is 0 Å². The van der Waals surface area contributed by atoms with Crippen molar-refractivity contribution in [1.82, 2.24) is 5.32 Å². The molecule has 1 aliphatic heterocycles. The van der Waals surface area contributed by atoms with Crippen molar-refractivity contribution in [1.29, 1.82) is 0 Å². The highest BCUT2D eigenvalue weighted by molar-refractivity contribution is 6.17. The molecule has 1 spiro atoms. The van der Waals surface area contributed by atoms with Gasteiger partial charge in [0, 0.05) is 12.4 Å². The van der Waals surface area contributed by atoms with Crippen molar-refractivity contribution in [2.24, 2.45) is 0 Å². The predicted octanol–water partition coefficient (Wildman–Crippen LogP) is 3.09. The standard InChI is InChI=1S/C13H24ClNO/c14-9-3-4-10-15-11-12-5-8-13(16-12)6-1-2-7-13/h12,15H,1-11H2. The lowest BCUT2D eigenvalue weighted by Crippen LogP contribution is -2.31. The molecule has 1 atom stereocenters. The summed E-state index contributed by atoms with van der Waals surface area (Å²) in [4.78, 5) is 0. The van der Waals surface area contributed by atoms with E-state index < -0.39 is 0 Å². The molecule has 1 aliphatic carbocycles. The van der Waals surface area contributed by atoms with Gasteiger partial charge in [-0.05, 0) is 45.1 Å². The molecule has 94 valence electrons. The molecule has 2 nitrogen and oxygen atoms in total. The van der Waals surface area contributed by atoms with Crippen molar-refractivity contribution in [3.63, 3.8) is 0 Å². The first-order valence-electron chi connectivity index (χ1n) is 6.79. The van der Waals surface area contributed by atoms with Crippen LogP contribution in [0.3, 0.4) is 0 Å². The molecule has 1 saturated heterocycles. The molecule has 0 radical (unpaired) electrons. The fourth-order valence-electron chi connectivity index (χ4n) is 3.03. The first kappa shape index (κ1) is 12.7. The van der Waals surface area contributed by atoms with Gasteiger partial charge in [-0.1, -0.05) is 12.8 Å². The van der Waals surface area contributed by atoms with Crippen molar-refractivity contribution in [3.8, 4) is 0 Å². The van der Waals surface area contributed by atoms with Gasteiger partial charge in [-0.2, -0.15) is 0 Å². The fraction of sp³-hybridized carbons (Fsp3) is 1.00. The van der Waals surface area contributed by atoms with Gasteiger partial charge < -0.3 is 10.1 Å². The minimum atomic E-state index is 0.294. The highest BCUT2D eigenvalue weighted by Gasteiger charge is 2.41. The first-order valence-corrected chi connectivity index (χ1v) is 7.33. The molecule has 0 aromatic rings. The Morgan fingerprint density at radius 1 is 1.19 bits per heavy atom. The van der Waals surface area contributed by atoms with Crippen LogP contribution in [0.5, 0.6) is 0 Å². The molecule has 0 amide bonds. The van der Waals surface area contributed by atoms with Crippen molar-refractivity contribution >= 4 is 11.6 Å². The van der Waals surface area contributed by atoms with Crippen molar-refractivity contribution in [2.75, 3.05) is 19.0 Å². The summed E-state index contributed by atoms with van der Waals surface area (Å²) in [5.74, 6) is 0.782. The van der Waals surface area contributed by atoms with Crippen molar-refractivity contribution in [3.05, 3.63) is 0 Å². The maximum absolute atomic E-state index is 6.23. The van der Waals surface area contributed by atoms with Crippen LogP contribution in [0.2, 0.25) is 0 Å². The Labute approximate surface area is 104 Å². The third-order valence-corrected chi connectivity index (χ3v) is 4.23. The lowest BCUT2D eigenvalue weighted by Gasteiger charge is -2.23. The third kappa shape index (κ3) is 3.35. The number of hydrogen-bond acceptors (Lipinski definition) is 2. The van der Waals surface area contributed by atoms with Gasteiger partial charge in [0.25, 0.3) is 0 Å². The van der Waals surface area contributed by atoms with Gasteiger partial charge >= 0.3 is 0 Å². The molecule has 1 N–H and O–H groups in total. The van der Waals surface area contributed by atoms with Gasteiger partial charge in [-0.3, -0.25) is 0 Å². The highest BCUT2D eigenvalue weighted by Crippen LogP contribution is 2.43. The lowest BCUT2D eigenvalue weighted by molar-refractivity contribution is -0.0350. The summed E-state index contributed by atoms with van der Waals surface area (Å²) in [5.41, 5.74) is 0.294. The SMILES string of the molecule is ClCCCCNCC1CCC2(CCCC2)O1. The number of unbranched alkanes of at least 4 members (excludes halogenated alkanes) is 1. The second-order valence-corrected chi connectivity index (χ2v) is 5.65. The quantitative estimate of drug-likeness (QED) is 0.574. The Bertz CT molecular complexity index is 204. The summed E-state index contributed by atoms with van der Waals surface area (Å²) in [6.07, 6.45) is 10.7. The minimum Gasteiger partial charge on any atom is -0.370 e. The number of rotatable bonds is 6. The molecule has 2 rings (SSSR count). The Hall–Kier alpha value is 0.210. The van der Waals surface area contributed by atoms with Crippen LogP contribution in [-0.2, 0) is 4.74 Å². The van der Waals surface area contributed by atoms with Crippen LogP contribution in [0.1, 0.15) is 51.4 Å². The van der Waals surface area contributed by atoms with E-state index >= 15 is 0 Å². The second-order valence-electron chi connectivity index (χ2n) is 5.27. The van der Waals surface area contributed by atoms with Crippen LogP contribution in [0, 0.1) is 0 Å². The molecule has 0 aromatic carbocycles. The fourth-order valence-corrected chi connectivity index (χ4v) is 3.22. The van der Waals surface area contributed by atoms with E-state index in [9.17, 15) is 0 Å². The summed E-state index contributed by atoms with van der Waals surface area (Å²) >= 11 is 5.64. The van der Waals surface area contributed by atoms with Crippen molar-refractivity contribution < 1.29 is 4.74 Å². The van der Waals surface area contributed by atoms with E-state index in [4.69, 9.17) is 16.3 Å². The van der Waals surface area contributed by atoms with E-state index in [-0.39, 0.29) is 0 Å². The molecule has 0 aromatic heterocycles. The van der Waals surface area contributed by atoms with E-state index in [0.29, 0.717) is 11.7 Å². The Kier molecular flexibility index (Phi) is 4.93. The van der Waals surface area contributed by atoms with Gasteiger partial charge in [0.05, 0.1) is 11.7 Å². The van der Waals surface area contributed by atoms with E-state index in [1.165, 1.54) is 44.9 Å². The molecule has 1 heterocycles. The van der Waals surface area contributed by atoms with Crippen LogP contribution in [0.15, 0.2) is 0 Å². The van der Waals surface area contributed by atoms with Crippen LogP contribution in [0.4, 0.5) is 0 Å². The largest absolute Gasteiger partial charge is 0.370 e. The average molecular weight is 246 g/mol. The van der Waals surface area contributed by atoms with Crippen LogP contribution in [0.25, 0.3) is 0 Å². The first-order chi connectivity index (χ1) is 7.85. The maximum Gasteiger partial charge on any atom is 0.0708 e. The molecule has 2 fully saturated rings. The zero-order valence-corrected chi connectivity index (χ0v) is 10.9. The topological polar surface area (TPSA) is 21.3 Å². The summed E-state index contributed by atoms with van der Waals surface area (Å²) in [7, 11) is 0. The smallest absolute Gasteiger partial charge is 0.0708 e. The number of nitrogens with one attached hydrogen (secondary N) is 1. The maximum atomic E-state index is 6.23. The Morgan fingerprint density at radius 2 is 2.00 bits per heavy atom. The predicted molar refractivity (Wildman–Crippen MR) is 68.1 cm³/mol. The third-order valence-electron chi connectivity index (χ3n) is 3.96. The second kappa shape index (κ2) is 6.23. The number of alkyl halides is 1. The zero-order chi connectivity index (χ0) is 11.3. The molecule has 3 heteroatoms. The molecule has 0 bridgehead atoms. The summed E-state index contributed by atoms with van der Waals surface area (Å²) in [6.45, 7) is 2.11. The van der Waals surface area contributed by atoms with E-state index in [2.05, 4.69) is 5.32 Å². The lowest BCUT2D eigenvalue weighted by atomic mass is 9.98. The number of halogens is 1. The molecular formula is C13H24ClNO. The van der Waals surface area contributed by atoms with Gasteiger partial charge in [0.15, 0.2) is 0 Å². The minimum absolute atomic E-state index is 0.294. The number of hydrogen-bond donors (Lipinski definition) is 1. The molecule has 2 aliphatic rings. The number of ether oxygens (including phenoxy) is 1. The van der Waals surface area contributed by atoms with E-state index in [1.54, 1.807) is 0 Å². The summed E-state index contributed by atoms with van der Waals surface area (Å²) < 4.78 is 6.23. The summed E-state index contributed by atoms with van der Waals surface area (Å²) in [5, 5.41) is 3.48. The normalized spacial score (nSPS) is 27.9. The van der Waals surface area contributed by atoms with Crippen molar-refractivity contribution in [2.45, 2.75) is 63.1 Å².